The smallest absolute Gasteiger partial charge is 0.244 e. The Morgan fingerprint density at radius 2 is 2.00 bits per heavy atom. The molecule has 2 aromatic rings. The topological polar surface area (TPSA) is 38.1 Å². The Morgan fingerprint density at radius 3 is 2.77 bits per heavy atom. The number of aryl methyl sites for hydroxylation is 1. The molecule has 4 rings (SSSR count). The van der Waals surface area contributed by atoms with Gasteiger partial charge >= 0.3 is 0 Å². The van der Waals surface area contributed by atoms with Crippen LogP contribution in [0.4, 0.5) is 0 Å². The molecule has 1 aliphatic heterocycles. The third-order valence-electron chi connectivity index (χ3n) is 6.30. The summed E-state index contributed by atoms with van der Waals surface area (Å²) in [7, 11) is 0. The molecule has 0 bridgehead atoms. The first-order valence-electron chi connectivity index (χ1n) is 9.97. The van der Waals surface area contributed by atoms with E-state index in [0.29, 0.717) is 12.5 Å². The molecule has 1 aromatic carbocycles. The van der Waals surface area contributed by atoms with Crippen LogP contribution >= 0.6 is 0 Å². The van der Waals surface area contributed by atoms with Crippen molar-refractivity contribution in [3.8, 4) is 0 Å². The quantitative estimate of drug-likeness (QED) is 0.827. The van der Waals surface area contributed by atoms with E-state index in [1.165, 1.54) is 40.9 Å². The lowest BCUT2D eigenvalue weighted by Crippen LogP contribution is -2.34. The number of hydrogen-bond acceptors (Lipinski definition) is 2. The first-order chi connectivity index (χ1) is 12.6. The lowest BCUT2D eigenvalue weighted by molar-refractivity contribution is -0.133. The number of carbonyl (C=O) groups is 1. The summed E-state index contributed by atoms with van der Waals surface area (Å²) in [6.45, 7) is 7.75. The number of hydrogen-bond donors (Lipinski definition) is 0. The van der Waals surface area contributed by atoms with Crippen molar-refractivity contribution in [3.05, 3.63) is 52.3 Å². The predicted molar refractivity (Wildman–Crippen MR) is 103 cm³/mol. The van der Waals surface area contributed by atoms with Gasteiger partial charge in [-0.3, -0.25) is 9.48 Å². The highest BCUT2D eigenvalue weighted by Crippen LogP contribution is 2.35. The summed E-state index contributed by atoms with van der Waals surface area (Å²) in [6, 6.07) is 8.68. The number of rotatable bonds is 3. The zero-order chi connectivity index (χ0) is 18.3. The van der Waals surface area contributed by atoms with Crippen LogP contribution < -0.4 is 0 Å². The second kappa shape index (κ2) is 6.90. The van der Waals surface area contributed by atoms with E-state index in [1.807, 2.05) is 4.68 Å². The molecule has 1 aliphatic carbocycles. The van der Waals surface area contributed by atoms with E-state index in [0.717, 1.165) is 25.8 Å². The number of fused-ring (bicyclic) bond motifs is 1. The summed E-state index contributed by atoms with van der Waals surface area (Å²) in [5.41, 5.74) is 6.36. The number of carbonyl (C=O) groups excluding carboxylic acids is 1. The van der Waals surface area contributed by atoms with Gasteiger partial charge in [-0.15, -0.1) is 0 Å². The molecule has 1 fully saturated rings. The molecule has 2 aliphatic rings. The van der Waals surface area contributed by atoms with Crippen molar-refractivity contribution < 1.29 is 4.79 Å². The van der Waals surface area contributed by atoms with Crippen molar-refractivity contribution in [1.82, 2.24) is 14.7 Å². The van der Waals surface area contributed by atoms with Gasteiger partial charge in [-0.1, -0.05) is 31.2 Å². The molecule has 2 heterocycles. The van der Waals surface area contributed by atoms with Gasteiger partial charge in [0.25, 0.3) is 0 Å². The second-order valence-corrected chi connectivity index (χ2v) is 8.00. The number of nitrogens with zero attached hydrogens (tertiary/aromatic N) is 3. The molecule has 4 heteroatoms. The van der Waals surface area contributed by atoms with Crippen LogP contribution in [0, 0.1) is 13.8 Å². The standard InChI is InChI=1S/C22H29N3O/c1-15-8-4-5-10-18(15)20-12-7-13-24(20)21(26)14-25-17(3)19-11-6-9-16(2)22(19)23-25/h4-5,8,10,16,20H,6-7,9,11-14H2,1-3H3/t16-,20-/m0/s1. The van der Waals surface area contributed by atoms with E-state index >= 15 is 0 Å². The largest absolute Gasteiger partial charge is 0.334 e. The van der Waals surface area contributed by atoms with Crippen LogP contribution in [0.3, 0.4) is 0 Å². The Labute approximate surface area is 156 Å². The van der Waals surface area contributed by atoms with Crippen molar-refractivity contribution in [1.29, 1.82) is 0 Å². The summed E-state index contributed by atoms with van der Waals surface area (Å²) >= 11 is 0. The third kappa shape index (κ3) is 2.95. The van der Waals surface area contributed by atoms with Crippen LogP contribution in [0.5, 0.6) is 0 Å². The molecule has 1 aromatic heterocycles. The van der Waals surface area contributed by atoms with Crippen LogP contribution in [0.1, 0.15) is 72.6 Å². The van der Waals surface area contributed by atoms with Gasteiger partial charge < -0.3 is 4.90 Å². The molecule has 138 valence electrons. The van der Waals surface area contributed by atoms with Crippen molar-refractivity contribution in [2.45, 2.75) is 71.4 Å². The van der Waals surface area contributed by atoms with Crippen LogP contribution in [0.2, 0.25) is 0 Å². The zero-order valence-electron chi connectivity index (χ0n) is 16.2. The van der Waals surface area contributed by atoms with Gasteiger partial charge in [-0.05, 0) is 62.6 Å². The Kier molecular flexibility index (Phi) is 4.60. The third-order valence-corrected chi connectivity index (χ3v) is 6.30. The van der Waals surface area contributed by atoms with E-state index in [2.05, 4.69) is 49.9 Å². The highest BCUT2D eigenvalue weighted by molar-refractivity contribution is 5.77. The van der Waals surface area contributed by atoms with Crippen LogP contribution in [0.25, 0.3) is 0 Å². The molecule has 4 nitrogen and oxygen atoms in total. The zero-order valence-corrected chi connectivity index (χ0v) is 16.2. The maximum atomic E-state index is 13.1. The summed E-state index contributed by atoms with van der Waals surface area (Å²) in [6.07, 6.45) is 5.68. The second-order valence-electron chi connectivity index (χ2n) is 8.00. The fourth-order valence-electron chi connectivity index (χ4n) is 4.76. The van der Waals surface area contributed by atoms with Gasteiger partial charge in [0.05, 0.1) is 11.7 Å². The highest BCUT2D eigenvalue weighted by atomic mass is 16.2. The Morgan fingerprint density at radius 1 is 1.19 bits per heavy atom. The molecular weight excluding hydrogens is 322 g/mol. The highest BCUT2D eigenvalue weighted by Gasteiger charge is 2.32. The average Bonchev–Trinajstić information content (AvgIpc) is 3.23. The SMILES string of the molecule is Cc1ccccc1[C@@H]1CCCN1C(=O)Cn1nc2c(c1C)CCC[C@@H]2C. The molecule has 0 saturated carbocycles. The fourth-order valence-corrected chi connectivity index (χ4v) is 4.76. The number of likely N-dealkylation sites (tertiary alicyclic amines) is 1. The van der Waals surface area contributed by atoms with E-state index in [-0.39, 0.29) is 11.9 Å². The maximum absolute atomic E-state index is 13.1. The van der Waals surface area contributed by atoms with Crippen molar-refractivity contribution in [2.75, 3.05) is 6.54 Å². The van der Waals surface area contributed by atoms with Crippen LogP contribution in [-0.2, 0) is 17.8 Å². The van der Waals surface area contributed by atoms with Gasteiger partial charge in [-0.25, -0.2) is 0 Å². The minimum Gasteiger partial charge on any atom is -0.334 e. The molecule has 2 atom stereocenters. The summed E-state index contributed by atoms with van der Waals surface area (Å²) in [5.74, 6) is 0.714. The molecule has 0 spiro atoms. The first-order valence-corrected chi connectivity index (χ1v) is 9.97. The molecule has 26 heavy (non-hydrogen) atoms. The normalized spacial score (nSPS) is 22.5. The average molecular weight is 351 g/mol. The Hall–Kier alpha value is -2.10. The van der Waals surface area contributed by atoms with Gasteiger partial charge in [0, 0.05) is 18.2 Å². The van der Waals surface area contributed by atoms with Crippen LogP contribution in [0.15, 0.2) is 24.3 Å². The summed E-state index contributed by atoms with van der Waals surface area (Å²) in [5, 5.41) is 4.83. The maximum Gasteiger partial charge on any atom is 0.244 e. The molecule has 0 radical (unpaired) electrons. The number of amides is 1. The van der Waals surface area contributed by atoms with E-state index in [1.54, 1.807) is 0 Å². The minimum absolute atomic E-state index is 0.200. The molecule has 1 saturated heterocycles. The summed E-state index contributed by atoms with van der Waals surface area (Å²) < 4.78 is 1.96. The first kappa shape index (κ1) is 17.3. The van der Waals surface area contributed by atoms with Crippen LogP contribution in [-0.4, -0.2) is 27.1 Å². The molecular formula is C22H29N3O. The Bertz CT molecular complexity index is 823. The van der Waals surface area contributed by atoms with E-state index < -0.39 is 0 Å². The van der Waals surface area contributed by atoms with Crippen molar-refractivity contribution >= 4 is 5.91 Å². The van der Waals surface area contributed by atoms with E-state index in [4.69, 9.17) is 5.10 Å². The molecule has 0 unspecified atom stereocenters. The van der Waals surface area contributed by atoms with Crippen molar-refractivity contribution in [2.24, 2.45) is 0 Å². The lowest BCUT2D eigenvalue weighted by atomic mass is 9.88. The number of aromatic nitrogens is 2. The fraction of sp³-hybridized carbons (Fsp3) is 0.545. The minimum atomic E-state index is 0.200. The van der Waals surface area contributed by atoms with Gasteiger partial charge in [0.15, 0.2) is 0 Å². The molecule has 1 amide bonds. The molecule has 0 N–H and O–H groups in total. The predicted octanol–water partition coefficient (Wildman–Crippen LogP) is 4.30. The lowest BCUT2D eigenvalue weighted by Gasteiger charge is -2.26. The Balaban J connectivity index is 1.56. The number of benzene rings is 1. The summed E-state index contributed by atoms with van der Waals surface area (Å²) in [4.78, 5) is 15.2. The van der Waals surface area contributed by atoms with E-state index in [9.17, 15) is 4.79 Å². The van der Waals surface area contributed by atoms with Gasteiger partial charge in [0.1, 0.15) is 6.54 Å². The van der Waals surface area contributed by atoms with Crippen molar-refractivity contribution in [3.63, 3.8) is 0 Å². The van der Waals surface area contributed by atoms with Gasteiger partial charge in [-0.2, -0.15) is 5.10 Å². The van der Waals surface area contributed by atoms with Gasteiger partial charge in [0.2, 0.25) is 5.91 Å². The monoisotopic (exact) mass is 351 g/mol.